The van der Waals surface area contributed by atoms with Gasteiger partial charge in [-0.2, -0.15) is 0 Å². The summed E-state index contributed by atoms with van der Waals surface area (Å²) in [6.07, 6.45) is 6.28. The maximum Gasteiger partial charge on any atom is 0.114 e. The highest BCUT2D eigenvalue weighted by Crippen LogP contribution is 2.85. The number of hydrogen-bond acceptors (Lipinski definition) is 2. The average Bonchev–Trinajstić information content (AvgIpc) is 3.14. The van der Waals surface area contributed by atoms with Gasteiger partial charge in [0, 0.05) is 12.5 Å². The molecule has 6 atom stereocenters. The van der Waals surface area contributed by atoms with Crippen molar-refractivity contribution in [3.05, 3.63) is 0 Å². The van der Waals surface area contributed by atoms with Gasteiger partial charge in [0.1, 0.15) is 6.10 Å². The molecule has 3 saturated carbocycles. The lowest BCUT2D eigenvalue weighted by atomic mass is 9.48. The van der Waals surface area contributed by atoms with Gasteiger partial charge < -0.3 is 9.47 Å². The van der Waals surface area contributed by atoms with E-state index in [2.05, 4.69) is 27.7 Å². The van der Waals surface area contributed by atoms with E-state index in [0.29, 0.717) is 34.4 Å². The summed E-state index contributed by atoms with van der Waals surface area (Å²) in [5.74, 6) is 0.707. The van der Waals surface area contributed by atoms with Crippen LogP contribution in [0, 0.1) is 22.2 Å². The lowest BCUT2D eigenvalue weighted by molar-refractivity contribution is -0.116. The molecule has 0 unspecified atom stereocenters. The molecule has 2 nitrogen and oxygen atoms in total. The van der Waals surface area contributed by atoms with Crippen molar-refractivity contribution < 1.29 is 9.47 Å². The van der Waals surface area contributed by atoms with Crippen LogP contribution >= 0.6 is 0 Å². The number of hydrogen-bond donors (Lipinski definition) is 0. The van der Waals surface area contributed by atoms with Crippen LogP contribution < -0.4 is 0 Å². The first-order valence-corrected chi connectivity index (χ1v) is 7.54. The van der Waals surface area contributed by atoms with Gasteiger partial charge in [0.25, 0.3) is 0 Å². The zero-order chi connectivity index (χ0) is 13.0. The molecule has 3 aliphatic carbocycles. The molecule has 0 amide bonds. The molecule has 2 heteroatoms. The van der Waals surface area contributed by atoms with Crippen molar-refractivity contribution in [3.63, 3.8) is 0 Å². The van der Waals surface area contributed by atoms with E-state index in [9.17, 15) is 0 Å². The molecule has 4 rings (SSSR count). The second kappa shape index (κ2) is 2.83. The minimum absolute atomic E-state index is 0.0290. The van der Waals surface area contributed by atoms with E-state index in [-0.39, 0.29) is 5.60 Å². The van der Waals surface area contributed by atoms with Crippen molar-refractivity contribution in [2.45, 2.75) is 71.2 Å². The van der Waals surface area contributed by atoms with Gasteiger partial charge in [-0.25, -0.2) is 0 Å². The zero-order valence-electron chi connectivity index (χ0n) is 12.4. The molecule has 18 heavy (non-hydrogen) atoms. The van der Waals surface area contributed by atoms with Crippen molar-refractivity contribution in [2.75, 3.05) is 7.11 Å². The molecule has 4 fully saturated rings. The Kier molecular flexibility index (Phi) is 1.84. The molecule has 0 N–H and O–H groups in total. The molecule has 1 heterocycles. The van der Waals surface area contributed by atoms with E-state index in [4.69, 9.17) is 9.47 Å². The Labute approximate surface area is 110 Å². The zero-order valence-corrected chi connectivity index (χ0v) is 12.4. The quantitative estimate of drug-likeness (QED) is 0.665. The van der Waals surface area contributed by atoms with Crippen LogP contribution in [0.25, 0.3) is 0 Å². The standard InChI is InChI=1S/C16H26O2/c1-13(2)7-6-8-14(3)11-12(18-11)15(4,17-5)10-9-16(10,13)14/h10-12H,6-9H2,1-5H3/t10-,11+,12-,14-,15+,16-/m0/s1. The summed E-state index contributed by atoms with van der Waals surface area (Å²) in [4.78, 5) is 0. The molecule has 1 spiro atoms. The van der Waals surface area contributed by atoms with Crippen molar-refractivity contribution in [2.24, 2.45) is 22.2 Å². The third-order valence-electron chi connectivity index (χ3n) is 7.50. The SMILES string of the molecule is CO[C@@]1(C)[C@H]2O[C@H]2[C@]2(C)CCCC(C)(C)[C@@]23C[C@@H]13. The topological polar surface area (TPSA) is 21.8 Å². The Bertz CT molecular complexity index is 417. The Morgan fingerprint density at radius 3 is 2.44 bits per heavy atom. The van der Waals surface area contributed by atoms with Crippen LogP contribution in [-0.2, 0) is 9.47 Å². The van der Waals surface area contributed by atoms with E-state index in [1.807, 2.05) is 7.11 Å². The van der Waals surface area contributed by atoms with Gasteiger partial charge >= 0.3 is 0 Å². The lowest BCUT2D eigenvalue weighted by Crippen LogP contribution is -2.57. The first-order chi connectivity index (χ1) is 8.33. The van der Waals surface area contributed by atoms with Crippen molar-refractivity contribution in [1.82, 2.24) is 0 Å². The van der Waals surface area contributed by atoms with Gasteiger partial charge in [0.2, 0.25) is 0 Å². The smallest absolute Gasteiger partial charge is 0.114 e. The molecule has 0 aromatic heterocycles. The molecule has 4 aliphatic rings. The molecular weight excluding hydrogens is 224 g/mol. The van der Waals surface area contributed by atoms with Gasteiger partial charge in [0.05, 0.1) is 11.7 Å². The monoisotopic (exact) mass is 250 g/mol. The largest absolute Gasteiger partial charge is 0.375 e. The van der Waals surface area contributed by atoms with E-state index >= 15 is 0 Å². The number of epoxide rings is 1. The summed E-state index contributed by atoms with van der Waals surface area (Å²) in [6, 6.07) is 0. The predicted octanol–water partition coefficient (Wildman–Crippen LogP) is 3.40. The molecule has 0 bridgehead atoms. The molecule has 0 aromatic rings. The number of ether oxygens (including phenoxy) is 2. The molecular formula is C16H26O2. The average molecular weight is 250 g/mol. The summed E-state index contributed by atoms with van der Waals surface area (Å²) in [7, 11) is 1.88. The number of fused-ring (bicyclic) bond motifs is 2. The lowest BCUT2D eigenvalue weighted by Gasteiger charge is -2.56. The van der Waals surface area contributed by atoms with Gasteiger partial charge in [-0.15, -0.1) is 0 Å². The fraction of sp³-hybridized carbons (Fsp3) is 1.00. The maximum absolute atomic E-state index is 6.12. The highest BCUT2D eigenvalue weighted by Gasteiger charge is 2.86. The van der Waals surface area contributed by atoms with Crippen LogP contribution in [-0.4, -0.2) is 24.9 Å². The van der Waals surface area contributed by atoms with Crippen LogP contribution in [0.2, 0.25) is 0 Å². The van der Waals surface area contributed by atoms with Crippen LogP contribution in [0.1, 0.15) is 53.4 Å². The van der Waals surface area contributed by atoms with E-state index < -0.39 is 0 Å². The minimum atomic E-state index is -0.0290. The van der Waals surface area contributed by atoms with Crippen LogP contribution in [0.3, 0.4) is 0 Å². The summed E-state index contributed by atoms with van der Waals surface area (Å²) < 4.78 is 12.1. The molecule has 102 valence electrons. The van der Waals surface area contributed by atoms with Crippen LogP contribution in [0.15, 0.2) is 0 Å². The molecule has 0 radical (unpaired) electrons. The first kappa shape index (κ1) is 11.7. The minimum Gasteiger partial charge on any atom is -0.375 e. The highest BCUT2D eigenvalue weighted by molar-refractivity contribution is 5.34. The van der Waals surface area contributed by atoms with Gasteiger partial charge in [0.15, 0.2) is 0 Å². The Balaban J connectivity index is 1.84. The van der Waals surface area contributed by atoms with Crippen molar-refractivity contribution in [3.8, 4) is 0 Å². The Morgan fingerprint density at radius 2 is 1.78 bits per heavy atom. The second-order valence-electron chi connectivity index (χ2n) is 8.25. The molecule has 1 aliphatic heterocycles. The summed E-state index contributed by atoms with van der Waals surface area (Å²) in [6.45, 7) is 9.78. The normalized spacial score (nSPS) is 63.5. The first-order valence-electron chi connectivity index (χ1n) is 7.54. The fourth-order valence-corrected chi connectivity index (χ4v) is 6.34. The second-order valence-corrected chi connectivity index (χ2v) is 8.25. The Hall–Kier alpha value is -0.0800. The van der Waals surface area contributed by atoms with E-state index in [0.717, 1.165) is 0 Å². The summed E-state index contributed by atoms with van der Waals surface area (Å²) in [5.41, 5.74) is 1.29. The van der Waals surface area contributed by atoms with Crippen molar-refractivity contribution in [1.29, 1.82) is 0 Å². The van der Waals surface area contributed by atoms with E-state index in [1.165, 1.54) is 25.7 Å². The van der Waals surface area contributed by atoms with Gasteiger partial charge in [-0.1, -0.05) is 27.2 Å². The fourth-order valence-electron chi connectivity index (χ4n) is 6.34. The van der Waals surface area contributed by atoms with Crippen LogP contribution in [0.5, 0.6) is 0 Å². The summed E-state index contributed by atoms with van der Waals surface area (Å²) in [5, 5.41) is 0. The molecule has 0 aromatic carbocycles. The highest BCUT2D eigenvalue weighted by atomic mass is 16.6. The van der Waals surface area contributed by atoms with Gasteiger partial charge in [-0.3, -0.25) is 0 Å². The predicted molar refractivity (Wildman–Crippen MR) is 70.4 cm³/mol. The molecule has 1 saturated heterocycles. The number of rotatable bonds is 1. The third-order valence-corrected chi connectivity index (χ3v) is 7.50. The van der Waals surface area contributed by atoms with Crippen molar-refractivity contribution >= 4 is 0 Å². The Morgan fingerprint density at radius 1 is 1.06 bits per heavy atom. The summed E-state index contributed by atoms with van der Waals surface area (Å²) >= 11 is 0. The van der Waals surface area contributed by atoms with Crippen LogP contribution in [0.4, 0.5) is 0 Å². The maximum atomic E-state index is 6.12. The van der Waals surface area contributed by atoms with Gasteiger partial charge in [-0.05, 0) is 42.9 Å². The number of methoxy groups -OCH3 is 1. The van der Waals surface area contributed by atoms with E-state index in [1.54, 1.807) is 0 Å². The third kappa shape index (κ3) is 0.924.